The number of aliphatic hydroxyl groups excluding tert-OH is 1. The molecule has 58 heavy (non-hydrogen) atoms. The van der Waals surface area contributed by atoms with Crippen molar-refractivity contribution in [1.29, 1.82) is 0 Å². The minimum Gasteiger partial charge on any atom is -0.392 e. The first-order valence-electron chi connectivity index (χ1n) is 19.1. The zero-order chi connectivity index (χ0) is 40.6. The van der Waals surface area contributed by atoms with Gasteiger partial charge in [-0.1, -0.05) is 151 Å². The lowest BCUT2D eigenvalue weighted by molar-refractivity contribution is -0.268. The van der Waals surface area contributed by atoms with Crippen LogP contribution in [0.1, 0.15) is 57.7 Å². The van der Waals surface area contributed by atoms with Gasteiger partial charge in [0.05, 0.1) is 23.7 Å². The minimum absolute atomic E-state index is 0.0275. The van der Waals surface area contributed by atoms with Gasteiger partial charge < -0.3 is 19.9 Å². The zero-order valence-corrected chi connectivity index (χ0v) is 34.9. The Balaban J connectivity index is 1.08. The van der Waals surface area contributed by atoms with Crippen molar-refractivity contribution in [3.8, 4) is 11.1 Å². The number of hydrogen-bond donors (Lipinski definition) is 3. The van der Waals surface area contributed by atoms with Crippen LogP contribution in [0.25, 0.3) is 11.1 Å². The molecule has 1 fully saturated rings. The van der Waals surface area contributed by atoms with Crippen LogP contribution in [-0.2, 0) is 43.9 Å². The van der Waals surface area contributed by atoms with Crippen molar-refractivity contribution < 1.29 is 27.8 Å². The smallest absolute Gasteiger partial charge is 0.241 e. The first kappa shape index (κ1) is 41.4. The predicted molar refractivity (Wildman–Crippen MR) is 227 cm³/mol. The fourth-order valence-corrected chi connectivity index (χ4v) is 10.1. The third-order valence-electron chi connectivity index (χ3n) is 10.2. The molecular weight excluding hydrogens is 789 g/mol. The number of ether oxygens (including phenoxy) is 2. The van der Waals surface area contributed by atoms with Crippen LogP contribution in [0.5, 0.6) is 0 Å². The highest BCUT2D eigenvalue weighted by molar-refractivity contribution is 8.01. The van der Waals surface area contributed by atoms with Gasteiger partial charge in [0, 0.05) is 23.8 Å². The molecule has 0 spiro atoms. The molecular formula is C45H46N4O6S3. The van der Waals surface area contributed by atoms with E-state index in [1.165, 1.54) is 0 Å². The summed E-state index contributed by atoms with van der Waals surface area (Å²) < 4.78 is 43.7. The Morgan fingerprint density at radius 1 is 0.828 bits per heavy atom. The summed E-state index contributed by atoms with van der Waals surface area (Å²) in [4.78, 5) is 13.9. The average Bonchev–Trinajstić information content (AvgIpc) is 3.67. The molecule has 10 nitrogen and oxygen atoms in total. The van der Waals surface area contributed by atoms with Gasteiger partial charge in [0.25, 0.3) is 0 Å². The Morgan fingerprint density at radius 2 is 1.52 bits per heavy atom. The number of aromatic nitrogens is 2. The number of nitrogens with zero attached hydrogens (tertiary/aromatic N) is 2. The van der Waals surface area contributed by atoms with E-state index < -0.39 is 28.3 Å². The maximum atomic E-state index is 13.8. The van der Waals surface area contributed by atoms with Crippen LogP contribution in [0.3, 0.4) is 0 Å². The normalized spacial score (nSPS) is 18.8. The maximum Gasteiger partial charge on any atom is 0.241 e. The zero-order valence-electron chi connectivity index (χ0n) is 32.4. The van der Waals surface area contributed by atoms with E-state index in [0.29, 0.717) is 5.75 Å². The van der Waals surface area contributed by atoms with Crippen LogP contribution in [0.15, 0.2) is 137 Å². The largest absolute Gasteiger partial charge is 0.392 e. The van der Waals surface area contributed by atoms with Gasteiger partial charge in [-0.15, -0.1) is 10.2 Å². The summed E-state index contributed by atoms with van der Waals surface area (Å²) >= 11 is 3.20. The van der Waals surface area contributed by atoms with Crippen molar-refractivity contribution in [1.82, 2.24) is 20.2 Å². The van der Waals surface area contributed by atoms with Gasteiger partial charge in [0.1, 0.15) is 11.0 Å². The summed E-state index contributed by atoms with van der Waals surface area (Å²) in [6.45, 7) is 6.13. The van der Waals surface area contributed by atoms with Crippen LogP contribution in [0.2, 0.25) is 0 Å². The van der Waals surface area contributed by atoms with E-state index in [1.807, 2.05) is 117 Å². The Bertz CT molecular complexity index is 2390. The Labute approximate surface area is 348 Å². The van der Waals surface area contributed by atoms with E-state index in [9.17, 15) is 18.3 Å². The van der Waals surface area contributed by atoms with Gasteiger partial charge in [0.2, 0.25) is 15.9 Å². The van der Waals surface area contributed by atoms with E-state index in [-0.39, 0.29) is 42.6 Å². The summed E-state index contributed by atoms with van der Waals surface area (Å²) in [6, 6.07) is 38.6. The lowest BCUT2D eigenvalue weighted by Gasteiger charge is -2.41. The maximum absolute atomic E-state index is 13.8. The molecule has 7 rings (SSSR count). The van der Waals surface area contributed by atoms with Gasteiger partial charge in [-0.05, 0) is 65.8 Å². The van der Waals surface area contributed by atoms with Crippen LogP contribution in [0, 0.1) is 19.8 Å². The van der Waals surface area contributed by atoms with Gasteiger partial charge in [-0.3, -0.25) is 4.79 Å². The Kier molecular flexibility index (Phi) is 13.5. The monoisotopic (exact) mass is 834 g/mol. The number of benzene rings is 5. The van der Waals surface area contributed by atoms with Crippen LogP contribution in [0.4, 0.5) is 0 Å². The van der Waals surface area contributed by atoms with Crippen LogP contribution in [-0.4, -0.2) is 47.5 Å². The van der Waals surface area contributed by atoms with Gasteiger partial charge >= 0.3 is 0 Å². The molecule has 1 aliphatic rings. The molecule has 1 aromatic heterocycles. The molecule has 1 saturated heterocycles. The number of sulfonamides is 1. The highest BCUT2D eigenvalue weighted by atomic mass is 32.2. The van der Waals surface area contributed by atoms with Crippen molar-refractivity contribution in [2.24, 2.45) is 5.92 Å². The molecule has 5 aromatic carbocycles. The molecule has 1 amide bonds. The number of nitrogens with one attached hydrogen (secondary N) is 2. The number of carbonyl (C=O) groups is 1. The van der Waals surface area contributed by atoms with Crippen molar-refractivity contribution in [2.45, 2.75) is 74.1 Å². The lowest BCUT2D eigenvalue weighted by atomic mass is 9.91. The van der Waals surface area contributed by atoms with Crippen molar-refractivity contribution in [2.75, 3.05) is 5.75 Å². The van der Waals surface area contributed by atoms with Crippen molar-refractivity contribution in [3.05, 3.63) is 166 Å². The summed E-state index contributed by atoms with van der Waals surface area (Å²) in [5, 5.41) is 22.0. The van der Waals surface area contributed by atoms with Gasteiger partial charge in [-0.2, -0.15) is 4.72 Å². The fraction of sp³-hybridized carbons (Fsp3) is 0.267. The second kappa shape index (κ2) is 18.9. The third kappa shape index (κ3) is 10.3. The first-order valence-corrected chi connectivity index (χ1v) is 22.4. The minimum atomic E-state index is -3.98. The highest BCUT2D eigenvalue weighted by Crippen LogP contribution is 2.43. The summed E-state index contributed by atoms with van der Waals surface area (Å²) in [6.07, 6.45) is -0.841. The number of aliphatic hydroxyl groups is 1. The topological polar surface area (TPSA) is 140 Å². The standard InChI is InChI=1S/C45H46N4O6S3/c1-29-13-23-38(24-14-29)58(52,53)49-40(25-32-9-5-4-6-10-32)43(51)46-26-37-11-7-8-12-39(37)34-19-21-36(22-20-34)44-54-41(28-56-45-48-47-31(3)57-45)30(2)42(55-44)35-17-15-33(27-50)16-18-35/h4-24,30,40-42,44,49-50H,25-28H2,1-3H3,(H,46,51). The summed E-state index contributed by atoms with van der Waals surface area (Å²) in [7, 11) is -3.98. The highest BCUT2D eigenvalue weighted by Gasteiger charge is 2.38. The molecule has 5 unspecified atom stereocenters. The number of aryl methyl sites for hydroxylation is 2. The molecule has 6 aromatic rings. The molecule has 0 bridgehead atoms. The van der Waals surface area contributed by atoms with E-state index in [4.69, 9.17) is 9.47 Å². The molecule has 0 aliphatic carbocycles. The number of carbonyl (C=O) groups excluding carboxylic acids is 1. The summed E-state index contributed by atoms with van der Waals surface area (Å²) in [5.74, 6) is 0.279. The van der Waals surface area contributed by atoms with E-state index in [2.05, 4.69) is 27.2 Å². The first-order chi connectivity index (χ1) is 28.1. The average molecular weight is 835 g/mol. The van der Waals surface area contributed by atoms with Crippen molar-refractivity contribution in [3.63, 3.8) is 0 Å². The fourth-order valence-electron chi connectivity index (χ4n) is 6.89. The van der Waals surface area contributed by atoms with E-state index >= 15 is 0 Å². The van der Waals surface area contributed by atoms with Gasteiger partial charge in [-0.25, -0.2) is 8.42 Å². The number of amides is 1. The van der Waals surface area contributed by atoms with Gasteiger partial charge in [0.15, 0.2) is 10.6 Å². The molecule has 300 valence electrons. The molecule has 13 heteroatoms. The van der Waals surface area contributed by atoms with Crippen LogP contribution >= 0.6 is 23.1 Å². The summed E-state index contributed by atoms with van der Waals surface area (Å²) in [5.41, 5.74) is 7.22. The SMILES string of the molecule is Cc1ccc(S(=O)(=O)NC(Cc2ccccc2)C(=O)NCc2ccccc2-c2ccc(C3OC(CSc4nnc(C)s4)C(C)C(c4ccc(CO)cc4)O3)cc2)cc1. The molecule has 0 radical (unpaired) electrons. The molecule has 5 atom stereocenters. The number of thioether (sulfide) groups is 1. The van der Waals surface area contributed by atoms with E-state index in [1.54, 1.807) is 47.4 Å². The lowest BCUT2D eigenvalue weighted by Crippen LogP contribution is -2.47. The quantitative estimate of drug-likeness (QED) is 0.0876. The number of rotatable bonds is 15. The third-order valence-corrected chi connectivity index (χ3v) is 13.7. The van der Waals surface area contributed by atoms with E-state index in [0.717, 1.165) is 53.9 Å². The second-order valence-corrected chi connectivity index (χ2v) is 18.6. The Hall–Kier alpha value is -4.73. The molecule has 1 aliphatic heterocycles. The Morgan fingerprint density at radius 3 is 2.21 bits per heavy atom. The second-order valence-electron chi connectivity index (χ2n) is 14.4. The molecule has 0 saturated carbocycles. The predicted octanol–water partition coefficient (Wildman–Crippen LogP) is 8.10. The number of hydrogen-bond acceptors (Lipinski definition) is 10. The van der Waals surface area contributed by atoms with Crippen molar-refractivity contribution >= 4 is 39.0 Å². The molecule has 3 N–H and O–H groups in total. The van der Waals surface area contributed by atoms with Crippen LogP contribution < -0.4 is 10.0 Å². The molecule has 2 heterocycles.